The fourth-order valence-corrected chi connectivity index (χ4v) is 3.49. The topological polar surface area (TPSA) is 116 Å². The summed E-state index contributed by atoms with van der Waals surface area (Å²) in [5.41, 5.74) is 13.6. The summed E-state index contributed by atoms with van der Waals surface area (Å²) in [4.78, 5) is 26.3. The van der Waals surface area contributed by atoms with Gasteiger partial charge in [0.2, 0.25) is 0 Å². The molecule has 3 aromatic rings. The highest BCUT2D eigenvalue weighted by atomic mass is 16.1. The number of carbonyl (C=O) groups is 1. The number of fused-ring (bicyclic) bond motifs is 1. The molecule has 1 saturated heterocycles. The SMILES string of the molecule is NC(=O)c1ncn(C2CCN(c3ccnc4ccncc34)CC2)c1N. The Morgan fingerprint density at radius 2 is 1.96 bits per heavy atom. The molecule has 1 fully saturated rings. The van der Waals surface area contributed by atoms with Crippen LogP contribution in [0.3, 0.4) is 0 Å². The molecule has 1 amide bonds. The number of aromatic nitrogens is 4. The van der Waals surface area contributed by atoms with Crippen LogP contribution in [0.1, 0.15) is 29.4 Å². The van der Waals surface area contributed by atoms with E-state index in [1.807, 2.05) is 29.1 Å². The molecule has 0 unspecified atom stereocenters. The van der Waals surface area contributed by atoms with Gasteiger partial charge in [0.25, 0.3) is 5.91 Å². The van der Waals surface area contributed by atoms with Crippen molar-refractivity contribution in [2.45, 2.75) is 18.9 Å². The summed E-state index contributed by atoms with van der Waals surface area (Å²) in [6.07, 6.45) is 8.87. The maximum atomic E-state index is 11.3. The van der Waals surface area contributed by atoms with E-state index in [9.17, 15) is 4.79 Å². The van der Waals surface area contributed by atoms with E-state index < -0.39 is 5.91 Å². The van der Waals surface area contributed by atoms with Crippen molar-refractivity contribution < 1.29 is 4.79 Å². The van der Waals surface area contributed by atoms with Gasteiger partial charge in [0, 0.05) is 48.8 Å². The van der Waals surface area contributed by atoms with E-state index in [-0.39, 0.29) is 11.7 Å². The number of nitrogens with zero attached hydrogens (tertiary/aromatic N) is 5. The van der Waals surface area contributed by atoms with Gasteiger partial charge >= 0.3 is 0 Å². The first-order valence-corrected chi connectivity index (χ1v) is 8.21. The Morgan fingerprint density at radius 3 is 2.68 bits per heavy atom. The van der Waals surface area contributed by atoms with E-state index in [0.29, 0.717) is 5.82 Å². The third-order valence-corrected chi connectivity index (χ3v) is 4.78. The Kier molecular flexibility index (Phi) is 3.72. The Bertz CT molecular complexity index is 922. The maximum absolute atomic E-state index is 11.3. The average Bonchev–Trinajstić information content (AvgIpc) is 3.03. The van der Waals surface area contributed by atoms with Crippen LogP contribution in [0.15, 0.2) is 37.1 Å². The number of piperidine rings is 1. The molecule has 0 saturated carbocycles. The standard InChI is InChI=1S/C17H19N7O/c18-16-15(17(19)25)22-10-24(16)11-3-7-23(8-4-11)14-2-6-21-13-1-5-20-9-12(13)14/h1-2,5-6,9-11H,3-4,7-8,18H2,(H2,19,25). The van der Waals surface area contributed by atoms with Crippen molar-refractivity contribution in [1.29, 1.82) is 0 Å². The highest BCUT2D eigenvalue weighted by Gasteiger charge is 2.25. The van der Waals surface area contributed by atoms with Crippen molar-refractivity contribution in [2.75, 3.05) is 23.7 Å². The van der Waals surface area contributed by atoms with Gasteiger partial charge in [-0.3, -0.25) is 14.8 Å². The zero-order valence-corrected chi connectivity index (χ0v) is 13.7. The molecule has 8 heteroatoms. The molecule has 0 aromatic carbocycles. The lowest BCUT2D eigenvalue weighted by Crippen LogP contribution is -2.35. The van der Waals surface area contributed by atoms with Gasteiger partial charge in [-0.05, 0) is 25.0 Å². The van der Waals surface area contributed by atoms with Gasteiger partial charge in [-0.2, -0.15) is 0 Å². The second-order valence-electron chi connectivity index (χ2n) is 6.19. The predicted molar refractivity (Wildman–Crippen MR) is 95.2 cm³/mol. The van der Waals surface area contributed by atoms with Gasteiger partial charge in [-0.25, -0.2) is 4.98 Å². The highest BCUT2D eigenvalue weighted by Crippen LogP contribution is 2.31. The molecule has 1 aliphatic heterocycles. The van der Waals surface area contributed by atoms with Crippen molar-refractivity contribution >= 4 is 28.3 Å². The molecule has 1 aliphatic rings. The summed E-state index contributed by atoms with van der Waals surface area (Å²) in [6.45, 7) is 1.75. The summed E-state index contributed by atoms with van der Waals surface area (Å²) in [7, 11) is 0. The minimum atomic E-state index is -0.593. The smallest absolute Gasteiger partial charge is 0.271 e. The van der Waals surface area contributed by atoms with E-state index in [2.05, 4.69) is 19.9 Å². The summed E-state index contributed by atoms with van der Waals surface area (Å²) in [6, 6.07) is 4.16. The first-order valence-electron chi connectivity index (χ1n) is 8.21. The third kappa shape index (κ3) is 2.65. The van der Waals surface area contributed by atoms with Crippen LogP contribution in [0, 0.1) is 0 Å². The molecule has 0 spiro atoms. The zero-order chi connectivity index (χ0) is 17.4. The van der Waals surface area contributed by atoms with Gasteiger partial charge in [0.1, 0.15) is 5.82 Å². The van der Waals surface area contributed by atoms with Crippen molar-refractivity contribution in [1.82, 2.24) is 19.5 Å². The molecule has 0 radical (unpaired) electrons. The van der Waals surface area contributed by atoms with Crippen LogP contribution in [0.25, 0.3) is 10.9 Å². The lowest BCUT2D eigenvalue weighted by atomic mass is 10.0. The Hall–Kier alpha value is -3.16. The van der Waals surface area contributed by atoms with E-state index in [4.69, 9.17) is 11.5 Å². The lowest BCUT2D eigenvalue weighted by molar-refractivity contribution is 0.0997. The number of amides is 1. The van der Waals surface area contributed by atoms with Crippen molar-refractivity contribution in [3.8, 4) is 0 Å². The van der Waals surface area contributed by atoms with Gasteiger partial charge < -0.3 is 20.9 Å². The Labute approximate surface area is 144 Å². The summed E-state index contributed by atoms with van der Waals surface area (Å²) >= 11 is 0. The Morgan fingerprint density at radius 1 is 1.16 bits per heavy atom. The van der Waals surface area contributed by atoms with E-state index in [1.54, 1.807) is 12.5 Å². The van der Waals surface area contributed by atoms with Crippen LogP contribution in [0.5, 0.6) is 0 Å². The normalized spacial score (nSPS) is 15.6. The number of primary amides is 1. The van der Waals surface area contributed by atoms with E-state index >= 15 is 0 Å². The molecule has 4 rings (SSSR count). The minimum absolute atomic E-state index is 0.147. The third-order valence-electron chi connectivity index (χ3n) is 4.78. The van der Waals surface area contributed by atoms with Gasteiger partial charge in [0.15, 0.2) is 5.69 Å². The quantitative estimate of drug-likeness (QED) is 0.745. The molecular weight excluding hydrogens is 318 g/mol. The maximum Gasteiger partial charge on any atom is 0.271 e. The number of hydrogen-bond donors (Lipinski definition) is 2. The number of carbonyl (C=O) groups excluding carboxylic acids is 1. The summed E-state index contributed by atoms with van der Waals surface area (Å²) < 4.78 is 1.86. The Balaban J connectivity index is 1.54. The van der Waals surface area contributed by atoms with Crippen LogP contribution in [0.2, 0.25) is 0 Å². The summed E-state index contributed by atoms with van der Waals surface area (Å²) in [5.74, 6) is -0.242. The van der Waals surface area contributed by atoms with Crippen LogP contribution in [0.4, 0.5) is 11.5 Å². The number of rotatable bonds is 3. The molecule has 4 N–H and O–H groups in total. The van der Waals surface area contributed by atoms with Gasteiger partial charge in [0.05, 0.1) is 11.8 Å². The van der Waals surface area contributed by atoms with Crippen molar-refractivity contribution in [2.24, 2.45) is 5.73 Å². The predicted octanol–water partition coefficient (Wildman–Crippen LogP) is 1.35. The van der Waals surface area contributed by atoms with Crippen LogP contribution in [-0.4, -0.2) is 38.5 Å². The highest BCUT2D eigenvalue weighted by molar-refractivity contribution is 5.95. The molecule has 4 heterocycles. The van der Waals surface area contributed by atoms with Crippen LogP contribution in [-0.2, 0) is 0 Å². The summed E-state index contributed by atoms with van der Waals surface area (Å²) in [5, 5.41) is 1.06. The monoisotopic (exact) mass is 337 g/mol. The second-order valence-corrected chi connectivity index (χ2v) is 6.19. The fraction of sp³-hybridized carbons (Fsp3) is 0.294. The average molecular weight is 337 g/mol. The number of nitrogen functional groups attached to an aromatic ring is 1. The fourth-order valence-electron chi connectivity index (χ4n) is 3.49. The number of imidazole rings is 1. The number of nitrogens with two attached hydrogens (primary N) is 2. The molecule has 0 aliphatic carbocycles. The first-order chi connectivity index (χ1) is 12.1. The number of hydrogen-bond acceptors (Lipinski definition) is 6. The zero-order valence-electron chi connectivity index (χ0n) is 13.7. The van der Waals surface area contributed by atoms with E-state index in [1.165, 1.54) is 0 Å². The first kappa shape index (κ1) is 15.4. The van der Waals surface area contributed by atoms with Crippen LogP contribution < -0.4 is 16.4 Å². The number of pyridine rings is 2. The van der Waals surface area contributed by atoms with Crippen molar-refractivity contribution in [3.05, 3.63) is 42.7 Å². The van der Waals surface area contributed by atoms with E-state index in [0.717, 1.165) is 42.5 Å². The minimum Gasteiger partial charge on any atom is -0.383 e. The van der Waals surface area contributed by atoms with Gasteiger partial charge in [-0.15, -0.1) is 0 Å². The van der Waals surface area contributed by atoms with Crippen LogP contribution >= 0.6 is 0 Å². The molecule has 128 valence electrons. The van der Waals surface area contributed by atoms with Gasteiger partial charge in [-0.1, -0.05) is 0 Å². The molecule has 0 atom stereocenters. The molecular formula is C17H19N7O. The largest absolute Gasteiger partial charge is 0.383 e. The lowest BCUT2D eigenvalue weighted by Gasteiger charge is -2.34. The molecule has 8 nitrogen and oxygen atoms in total. The molecule has 3 aromatic heterocycles. The second kappa shape index (κ2) is 6.04. The molecule has 25 heavy (non-hydrogen) atoms. The number of anilines is 2. The molecule has 0 bridgehead atoms. The van der Waals surface area contributed by atoms with Crippen molar-refractivity contribution in [3.63, 3.8) is 0 Å².